The van der Waals surface area contributed by atoms with Crippen LogP contribution in [0.5, 0.6) is 0 Å². The Kier molecular flexibility index (Phi) is 5.10. The third kappa shape index (κ3) is 3.70. The Morgan fingerprint density at radius 2 is 1.89 bits per heavy atom. The first-order chi connectivity index (χ1) is 4.22. The molecular weight excluding hydrogens is 128 g/mol. The number of hydrogen-bond donors (Lipinski definition) is 0. The summed E-state index contributed by atoms with van der Waals surface area (Å²) < 4.78 is 5.51. The van der Waals surface area contributed by atoms with Gasteiger partial charge < -0.3 is 4.74 Å². The smallest absolute Gasteiger partial charge is 0.0655 e. The van der Waals surface area contributed by atoms with Crippen LogP contribution in [0.4, 0.5) is 0 Å². The Morgan fingerprint density at radius 1 is 1.33 bits per heavy atom. The quantitative estimate of drug-likeness (QED) is 0.550. The molecule has 2 heteroatoms. The number of hydrogen-bond acceptors (Lipinski definition) is 1. The normalized spacial score (nSPS) is 14.3. The summed E-state index contributed by atoms with van der Waals surface area (Å²) >= 11 is 0. The molecule has 0 heterocycles. The zero-order valence-corrected chi connectivity index (χ0v) is 8.13. The monoisotopic (exact) mass is 146 g/mol. The minimum absolute atomic E-state index is 0.525. The molecule has 1 unspecified atom stereocenters. The largest absolute Gasteiger partial charge is 0.382 e. The van der Waals surface area contributed by atoms with E-state index >= 15 is 0 Å². The van der Waals surface area contributed by atoms with Crippen molar-refractivity contribution in [1.29, 1.82) is 0 Å². The van der Waals surface area contributed by atoms with Gasteiger partial charge in [-0.25, -0.2) is 0 Å². The van der Waals surface area contributed by atoms with Crippen LogP contribution in [0.1, 0.15) is 20.3 Å². The lowest BCUT2D eigenvalue weighted by atomic mass is 10.5. The van der Waals surface area contributed by atoms with Gasteiger partial charge in [-0.1, -0.05) is 20.0 Å². The summed E-state index contributed by atoms with van der Waals surface area (Å²) in [5, 5.41) is 0. The van der Waals surface area contributed by atoms with Crippen LogP contribution < -0.4 is 0 Å². The molecule has 1 nitrogen and oxygen atoms in total. The minimum Gasteiger partial charge on any atom is -0.382 e. The molecule has 0 aromatic heterocycles. The van der Waals surface area contributed by atoms with Gasteiger partial charge in [0.15, 0.2) is 0 Å². The van der Waals surface area contributed by atoms with E-state index in [-0.39, 0.29) is 0 Å². The lowest BCUT2D eigenvalue weighted by Gasteiger charge is -2.17. The highest BCUT2D eigenvalue weighted by atomic mass is 28.3. The second kappa shape index (κ2) is 5.00. The van der Waals surface area contributed by atoms with E-state index in [2.05, 4.69) is 26.9 Å². The first kappa shape index (κ1) is 9.18. The van der Waals surface area contributed by atoms with E-state index in [1.54, 1.807) is 0 Å². The average Bonchev–Trinajstić information content (AvgIpc) is 1.82. The molecule has 0 spiro atoms. The molecule has 0 aliphatic carbocycles. The fourth-order valence-corrected chi connectivity index (χ4v) is 2.52. The van der Waals surface area contributed by atoms with Crippen molar-refractivity contribution in [2.24, 2.45) is 0 Å². The van der Waals surface area contributed by atoms with Crippen molar-refractivity contribution in [2.45, 2.75) is 39.1 Å². The average molecular weight is 146 g/mol. The van der Waals surface area contributed by atoms with Crippen molar-refractivity contribution < 1.29 is 4.74 Å². The molecule has 0 fully saturated rings. The molecule has 0 aliphatic rings. The molecule has 1 atom stereocenters. The van der Waals surface area contributed by atoms with Crippen molar-refractivity contribution in [1.82, 2.24) is 0 Å². The van der Waals surface area contributed by atoms with Crippen LogP contribution in [0.15, 0.2) is 0 Å². The predicted octanol–water partition coefficient (Wildman–Crippen LogP) is 1.83. The Bertz CT molecular complexity index is 63.9. The highest BCUT2D eigenvalue weighted by Crippen LogP contribution is 2.01. The number of ether oxygens (including phenoxy) is 1. The third-order valence-electron chi connectivity index (χ3n) is 1.53. The molecule has 0 radical (unpaired) electrons. The molecule has 0 N–H and O–H groups in total. The fourth-order valence-electron chi connectivity index (χ4n) is 0.996. The van der Waals surface area contributed by atoms with Gasteiger partial charge in [-0.2, -0.15) is 0 Å². The Hall–Kier alpha value is 0.177. The van der Waals surface area contributed by atoms with Gasteiger partial charge in [0.05, 0.1) is 8.80 Å². The zero-order valence-electron chi connectivity index (χ0n) is 6.98. The molecule has 0 saturated heterocycles. The van der Waals surface area contributed by atoms with Crippen molar-refractivity contribution in [3.8, 4) is 0 Å². The van der Waals surface area contributed by atoms with Crippen molar-refractivity contribution in [2.75, 3.05) is 6.61 Å². The summed E-state index contributed by atoms with van der Waals surface area (Å²) in [6, 6.07) is 0. The molecule has 0 aliphatic heterocycles. The maximum Gasteiger partial charge on any atom is 0.0655 e. The summed E-state index contributed by atoms with van der Waals surface area (Å²) in [4.78, 5) is 0. The van der Waals surface area contributed by atoms with Gasteiger partial charge in [0.1, 0.15) is 0 Å². The van der Waals surface area contributed by atoms with Crippen LogP contribution in [-0.2, 0) is 4.74 Å². The number of rotatable bonds is 4. The van der Waals surface area contributed by atoms with E-state index in [9.17, 15) is 0 Å². The standard InChI is InChI=1S/C7H18OSi/c1-5-7(8-6-2)9(3)4/h7,9H,5-6H2,1-4H3. The maximum atomic E-state index is 5.51. The van der Waals surface area contributed by atoms with Gasteiger partial charge in [-0.3, -0.25) is 0 Å². The SMILES string of the molecule is CCOC(CC)[SiH](C)C. The molecule has 0 bridgehead atoms. The molecule has 0 rings (SSSR count). The molecule has 0 amide bonds. The second-order valence-electron chi connectivity index (χ2n) is 2.65. The Labute approximate surface area is 60.0 Å². The van der Waals surface area contributed by atoms with Crippen LogP contribution in [0.2, 0.25) is 13.1 Å². The summed E-state index contributed by atoms with van der Waals surface area (Å²) in [5.74, 6) is 0. The molecular formula is C7H18OSi. The van der Waals surface area contributed by atoms with Gasteiger partial charge >= 0.3 is 0 Å². The summed E-state index contributed by atoms with van der Waals surface area (Å²) in [5.41, 5.74) is 0.606. The third-order valence-corrected chi connectivity index (χ3v) is 3.68. The zero-order chi connectivity index (χ0) is 7.28. The molecule has 9 heavy (non-hydrogen) atoms. The van der Waals surface area contributed by atoms with Crippen molar-refractivity contribution in [3.05, 3.63) is 0 Å². The predicted molar refractivity (Wildman–Crippen MR) is 44.6 cm³/mol. The fraction of sp³-hybridized carbons (Fsp3) is 1.00. The summed E-state index contributed by atoms with van der Waals surface area (Å²) in [6.45, 7) is 9.82. The second-order valence-corrected chi connectivity index (χ2v) is 5.88. The first-order valence-corrected chi connectivity index (χ1v) is 6.81. The van der Waals surface area contributed by atoms with Crippen LogP contribution in [-0.4, -0.2) is 21.1 Å². The van der Waals surface area contributed by atoms with E-state index in [1.165, 1.54) is 6.42 Å². The van der Waals surface area contributed by atoms with Gasteiger partial charge in [0, 0.05) is 12.3 Å². The Balaban J connectivity index is 3.41. The van der Waals surface area contributed by atoms with Gasteiger partial charge in [0.2, 0.25) is 0 Å². The van der Waals surface area contributed by atoms with E-state index < -0.39 is 8.80 Å². The lowest BCUT2D eigenvalue weighted by molar-refractivity contribution is 0.112. The van der Waals surface area contributed by atoms with E-state index in [0.717, 1.165) is 6.61 Å². The Morgan fingerprint density at radius 3 is 2.00 bits per heavy atom. The molecule has 0 aromatic rings. The maximum absolute atomic E-state index is 5.51. The van der Waals surface area contributed by atoms with Gasteiger partial charge in [-0.05, 0) is 13.3 Å². The van der Waals surface area contributed by atoms with E-state index in [0.29, 0.717) is 5.73 Å². The molecule has 0 aromatic carbocycles. The van der Waals surface area contributed by atoms with Crippen LogP contribution >= 0.6 is 0 Å². The summed E-state index contributed by atoms with van der Waals surface area (Å²) in [6.07, 6.45) is 1.19. The lowest BCUT2D eigenvalue weighted by Crippen LogP contribution is -2.26. The first-order valence-electron chi connectivity index (χ1n) is 3.83. The highest BCUT2D eigenvalue weighted by molar-refractivity contribution is 6.57. The van der Waals surface area contributed by atoms with Crippen LogP contribution in [0, 0.1) is 0 Å². The van der Waals surface area contributed by atoms with E-state index in [1.807, 2.05) is 0 Å². The van der Waals surface area contributed by atoms with E-state index in [4.69, 9.17) is 4.74 Å². The molecule has 56 valence electrons. The molecule has 0 saturated carbocycles. The topological polar surface area (TPSA) is 9.23 Å². The van der Waals surface area contributed by atoms with Crippen molar-refractivity contribution in [3.63, 3.8) is 0 Å². The van der Waals surface area contributed by atoms with Crippen LogP contribution in [0.3, 0.4) is 0 Å². The van der Waals surface area contributed by atoms with Crippen molar-refractivity contribution >= 4 is 8.80 Å². The van der Waals surface area contributed by atoms with Gasteiger partial charge in [0.25, 0.3) is 0 Å². The highest BCUT2D eigenvalue weighted by Gasteiger charge is 2.10. The minimum atomic E-state index is -0.525. The van der Waals surface area contributed by atoms with Gasteiger partial charge in [-0.15, -0.1) is 0 Å². The summed E-state index contributed by atoms with van der Waals surface area (Å²) in [7, 11) is -0.525. The van der Waals surface area contributed by atoms with Crippen LogP contribution in [0.25, 0.3) is 0 Å².